The quantitative estimate of drug-likeness (QED) is 0.819. The van der Waals surface area contributed by atoms with Crippen molar-refractivity contribution in [2.45, 2.75) is 25.7 Å². The normalized spacial score (nSPS) is 26.7. The predicted molar refractivity (Wildman–Crippen MR) is 77.9 cm³/mol. The summed E-state index contributed by atoms with van der Waals surface area (Å²) < 4.78 is 0. The van der Waals surface area contributed by atoms with Gasteiger partial charge in [-0.1, -0.05) is 0 Å². The van der Waals surface area contributed by atoms with Crippen LogP contribution in [0.5, 0.6) is 0 Å². The number of nitrogens with zero attached hydrogens (tertiary/aromatic N) is 2. The number of rotatable bonds is 4. The molecule has 2 aliphatic heterocycles. The zero-order valence-electron chi connectivity index (χ0n) is 12.5. The van der Waals surface area contributed by atoms with Crippen LogP contribution in [0.25, 0.3) is 0 Å². The highest BCUT2D eigenvalue weighted by atomic mass is 15.1. The fourth-order valence-corrected chi connectivity index (χ4v) is 3.83. The molecule has 0 aromatic heterocycles. The summed E-state index contributed by atoms with van der Waals surface area (Å²) in [6.45, 7) is 6.38. The maximum absolute atomic E-state index is 3.51. The average molecular weight is 253 g/mol. The summed E-state index contributed by atoms with van der Waals surface area (Å²) in [6, 6.07) is 0. The summed E-state index contributed by atoms with van der Waals surface area (Å²) >= 11 is 0. The zero-order valence-corrected chi connectivity index (χ0v) is 12.5. The van der Waals surface area contributed by atoms with Gasteiger partial charge in [-0.3, -0.25) is 0 Å². The van der Waals surface area contributed by atoms with Crippen LogP contribution in [0.2, 0.25) is 0 Å². The lowest BCUT2D eigenvalue weighted by Gasteiger charge is -2.41. The van der Waals surface area contributed by atoms with Gasteiger partial charge < -0.3 is 15.1 Å². The lowest BCUT2D eigenvalue weighted by molar-refractivity contribution is 0.0938. The molecule has 2 aliphatic rings. The Bertz CT molecular complexity index is 228. The first kappa shape index (κ1) is 14.3. The summed E-state index contributed by atoms with van der Waals surface area (Å²) in [5.41, 5.74) is 0. The molecule has 2 rings (SSSR count). The van der Waals surface area contributed by atoms with Crippen LogP contribution >= 0.6 is 0 Å². The van der Waals surface area contributed by atoms with Crippen molar-refractivity contribution in [3.8, 4) is 0 Å². The molecular formula is C15H31N3. The van der Waals surface area contributed by atoms with E-state index in [-0.39, 0.29) is 0 Å². The van der Waals surface area contributed by atoms with Crippen molar-refractivity contribution in [2.75, 3.05) is 53.9 Å². The molecule has 0 aliphatic carbocycles. The van der Waals surface area contributed by atoms with E-state index in [9.17, 15) is 0 Å². The lowest BCUT2D eigenvalue weighted by Crippen LogP contribution is -2.42. The van der Waals surface area contributed by atoms with Gasteiger partial charge in [0, 0.05) is 6.54 Å². The van der Waals surface area contributed by atoms with E-state index in [2.05, 4.69) is 36.3 Å². The molecule has 1 unspecified atom stereocenters. The van der Waals surface area contributed by atoms with E-state index in [4.69, 9.17) is 0 Å². The SMILES string of the molecule is CN(C)CC(C1CCNCC1)C1CCN(C)CC1. The minimum Gasteiger partial charge on any atom is -0.317 e. The summed E-state index contributed by atoms with van der Waals surface area (Å²) in [4.78, 5) is 4.90. The molecule has 3 heteroatoms. The van der Waals surface area contributed by atoms with Crippen molar-refractivity contribution in [1.29, 1.82) is 0 Å². The Hall–Kier alpha value is -0.120. The zero-order chi connectivity index (χ0) is 13.0. The number of nitrogens with one attached hydrogen (secondary N) is 1. The summed E-state index contributed by atoms with van der Waals surface area (Å²) in [7, 11) is 6.74. The van der Waals surface area contributed by atoms with Crippen LogP contribution in [-0.4, -0.2) is 63.7 Å². The van der Waals surface area contributed by atoms with Crippen molar-refractivity contribution >= 4 is 0 Å². The predicted octanol–water partition coefficient (Wildman–Crippen LogP) is 1.51. The maximum atomic E-state index is 3.51. The van der Waals surface area contributed by atoms with Crippen molar-refractivity contribution in [1.82, 2.24) is 15.1 Å². The van der Waals surface area contributed by atoms with Crippen LogP contribution < -0.4 is 5.32 Å². The molecule has 0 aromatic carbocycles. The first-order valence-corrected chi connectivity index (χ1v) is 7.71. The molecule has 3 nitrogen and oxygen atoms in total. The van der Waals surface area contributed by atoms with Crippen LogP contribution in [-0.2, 0) is 0 Å². The van der Waals surface area contributed by atoms with Gasteiger partial charge in [-0.25, -0.2) is 0 Å². The Morgan fingerprint density at radius 3 is 2.17 bits per heavy atom. The highest BCUT2D eigenvalue weighted by molar-refractivity contribution is 4.85. The van der Waals surface area contributed by atoms with E-state index in [0.717, 1.165) is 17.8 Å². The molecule has 0 bridgehead atoms. The molecule has 0 spiro atoms. The molecule has 1 atom stereocenters. The Morgan fingerprint density at radius 2 is 1.61 bits per heavy atom. The van der Waals surface area contributed by atoms with Gasteiger partial charge in [0.2, 0.25) is 0 Å². The van der Waals surface area contributed by atoms with Gasteiger partial charge in [-0.15, -0.1) is 0 Å². The molecule has 2 heterocycles. The molecule has 18 heavy (non-hydrogen) atoms. The molecule has 0 radical (unpaired) electrons. The van der Waals surface area contributed by atoms with E-state index in [1.165, 1.54) is 58.4 Å². The van der Waals surface area contributed by atoms with Gasteiger partial charge in [0.1, 0.15) is 0 Å². The molecule has 2 saturated heterocycles. The van der Waals surface area contributed by atoms with Crippen molar-refractivity contribution in [3.63, 3.8) is 0 Å². The molecule has 1 N–H and O–H groups in total. The highest BCUT2D eigenvalue weighted by Gasteiger charge is 2.32. The standard InChI is InChI=1S/C15H31N3/c1-17(2)12-15(13-4-8-16-9-5-13)14-6-10-18(3)11-7-14/h13-16H,4-12H2,1-3H3. The summed E-state index contributed by atoms with van der Waals surface area (Å²) in [6.07, 6.45) is 5.62. The van der Waals surface area contributed by atoms with Crippen LogP contribution in [0.15, 0.2) is 0 Å². The topological polar surface area (TPSA) is 18.5 Å². The number of likely N-dealkylation sites (tertiary alicyclic amines) is 1. The van der Waals surface area contributed by atoms with Gasteiger partial charge >= 0.3 is 0 Å². The van der Waals surface area contributed by atoms with E-state index in [1.54, 1.807) is 0 Å². The smallest absolute Gasteiger partial charge is 0.000889 e. The second-order valence-corrected chi connectivity index (χ2v) is 6.65. The molecule has 0 saturated carbocycles. The average Bonchev–Trinajstić information content (AvgIpc) is 2.38. The first-order chi connectivity index (χ1) is 8.66. The van der Waals surface area contributed by atoms with Gasteiger partial charge in [-0.05, 0) is 90.8 Å². The highest BCUT2D eigenvalue weighted by Crippen LogP contribution is 2.34. The minimum atomic E-state index is 0.927. The Kier molecular flexibility index (Phi) is 5.46. The van der Waals surface area contributed by atoms with E-state index in [0.29, 0.717) is 0 Å². The lowest BCUT2D eigenvalue weighted by atomic mass is 9.73. The number of hydrogen-bond donors (Lipinski definition) is 1. The van der Waals surface area contributed by atoms with Crippen molar-refractivity contribution in [3.05, 3.63) is 0 Å². The summed E-state index contributed by atoms with van der Waals surface area (Å²) in [5.74, 6) is 2.85. The molecule has 106 valence electrons. The Labute approximate surface area is 113 Å². The number of hydrogen-bond acceptors (Lipinski definition) is 3. The van der Waals surface area contributed by atoms with E-state index in [1.807, 2.05) is 0 Å². The first-order valence-electron chi connectivity index (χ1n) is 7.71. The van der Waals surface area contributed by atoms with Crippen LogP contribution in [0.4, 0.5) is 0 Å². The van der Waals surface area contributed by atoms with Gasteiger partial charge in [-0.2, -0.15) is 0 Å². The Morgan fingerprint density at radius 1 is 1.06 bits per heavy atom. The van der Waals surface area contributed by atoms with Crippen LogP contribution in [0.1, 0.15) is 25.7 Å². The largest absolute Gasteiger partial charge is 0.317 e. The second kappa shape index (κ2) is 6.88. The van der Waals surface area contributed by atoms with Gasteiger partial charge in [0.25, 0.3) is 0 Å². The Balaban J connectivity index is 1.94. The van der Waals surface area contributed by atoms with E-state index < -0.39 is 0 Å². The van der Waals surface area contributed by atoms with Crippen molar-refractivity contribution < 1.29 is 0 Å². The van der Waals surface area contributed by atoms with Gasteiger partial charge in [0.05, 0.1) is 0 Å². The van der Waals surface area contributed by atoms with Crippen molar-refractivity contribution in [2.24, 2.45) is 17.8 Å². The molecule has 0 aromatic rings. The molecular weight excluding hydrogens is 222 g/mol. The second-order valence-electron chi connectivity index (χ2n) is 6.65. The van der Waals surface area contributed by atoms with E-state index >= 15 is 0 Å². The monoisotopic (exact) mass is 253 g/mol. The molecule has 0 amide bonds. The third-order valence-electron chi connectivity index (χ3n) is 4.93. The third-order valence-corrected chi connectivity index (χ3v) is 4.93. The van der Waals surface area contributed by atoms with Crippen LogP contribution in [0.3, 0.4) is 0 Å². The fourth-order valence-electron chi connectivity index (χ4n) is 3.83. The third kappa shape index (κ3) is 3.94. The molecule has 2 fully saturated rings. The summed E-state index contributed by atoms with van der Waals surface area (Å²) in [5, 5.41) is 3.51. The maximum Gasteiger partial charge on any atom is 0.000889 e. The van der Waals surface area contributed by atoms with Gasteiger partial charge in [0.15, 0.2) is 0 Å². The fraction of sp³-hybridized carbons (Fsp3) is 1.00. The number of piperidine rings is 2. The van der Waals surface area contributed by atoms with Crippen LogP contribution in [0, 0.1) is 17.8 Å². The minimum absolute atomic E-state index is 0.927.